The zero-order valence-electron chi connectivity index (χ0n) is 34.7. The number of hydrogen-bond donors (Lipinski definition) is 1. The summed E-state index contributed by atoms with van der Waals surface area (Å²) in [5.41, 5.74) is 2.82. The van der Waals surface area contributed by atoms with E-state index in [-0.39, 0.29) is 53.1 Å². The Morgan fingerprint density at radius 1 is 0.952 bits per heavy atom. The molecular formula is C50H47F4N7O. The van der Waals surface area contributed by atoms with Crippen LogP contribution in [0, 0.1) is 35.3 Å². The van der Waals surface area contributed by atoms with Gasteiger partial charge in [-0.1, -0.05) is 79.6 Å². The SMILES string of the molecule is C#Cc1c(F)ccc2cc(N=C(c3ccccc3)c3ccccc3)cc(-c3nc4c5c(nc(OC[C@]6(C)CN(C)CC[C@@H]6C(F)F)nc5c3F)N3C[C@H]5CC[C@H](N5)[C@H]3CCC4)c12. The number of fused-ring (bicyclic) bond motifs is 6. The van der Waals surface area contributed by atoms with Gasteiger partial charge in [-0.15, -0.1) is 6.42 Å². The van der Waals surface area contributed by atoms with Gasteiger partial charge in [0.15, 0.2) is 5.82 Å². The molecule has 1 N–H and O–H groups in total. The first kappa shape index (κ1) is 40.2. The number of halogens is 4. The number of likely N-dealkylation sites (tertiary alicyclic amines) is 1. The third kappa shape index (κ3) is 7.15. The van der Waals surface area contributed by atoms with E-state index < -0.39 is 29.4 Å². The van der Waals surface area contributed by atoms with Crippen LogP contribution in [0.25, 0.3) is 32.9 Å². The highest BCUT2D eigenvalue weighted by Crippen LogP contribution is 2.45. The minimum Gasteiger partial charge on any atom is -0.463 e. The van der Waals surface area contributed by atoms with Crippen LogP contribution >= 0.6 is 0 Å². The van der Waals surface area contributed by atoms with Gasteiger partial charge >= 0.3 is 6.01 Å². The third-order valence-corrected chi connectivity index (χ3v) is 13.5. The molecule has 12 heteroatoms. The van der Waals surface area contributed by atoms with Crippen LogP contribution in [0.4, 0.5) is 29.1 Å². The lowest BCUT2D eigenvalue weighted by molar-refractivity contribution is -0.0679. The van der Waals surface area contributed by atoms with Crippen LogP contribution < -0.4 is 15.0 Å². The first-order valence-corrected chi connectivity index (χ1v) is 21.5. The lowest BCUT2D eigenvalue weighted by Crippen LogP contribution is -2.58. The van der Waals surface area contributed by atoms with Gasteiger partial charge in [0.25, 0.3) is 0 Å². The summed E-state index contributed by atoms with van der Waals surface area (Å²) < 4.78 is 69.1. The van der Waals surface area contributed by atoms with E-state index in [1.165, 1.54) is 6.07 Å². The molecule has 0 saturated carbocycles. The summed E-state index contributed by atoms with van der Waals surface area (Å²) in [5.74, 6) is 0.801. The molecule has 62 heavy (non-hydrogen) atoms. The number of ether oxygens (including phenoxy) is 1. The molecule has 0 aliphatic carbocycles. The zero-order valence-corrected chi connectivity index (χ0v) is 34.7. The predicted octanol–water partition coefficient (Wildman–Crippen LogP) is 9.52. The molecule has 4 aliphatic heterocycles. The highest BCUT2D eigenvalue weighted by Gasteiger charge is 2.45. The van der Waals surface area contributed by atoms with Crippen molar-refractivity contribution in [3.8, 4) is 29.6 Å². The van der Waals surface area contributed by atoms with E-state index in [9.17, 15) is 8.78 Å². The average Bonchev–Trinajstić information content (AvgIpc) is 3.67. The number of terminal acetylenes is 1. The number of rotatable bonds is 8. The number of alkyl halides is 2. The summed E-state index contributed by atoms with van der Waals surface area (Å²) in [7, 11) is 1.92. The maximum atomic E-state index is 18.0. The van der Waals surface area contributed by atoms with Crippen molar-refractivity contribution in [3.05, 3.63) is 119 Å². The number of aliphatic imine (C=N–C) groups is 1. The van der Waals surface area contributed by atoms with E-state index in [1.807, 2.05) is 85.6 Å². The average molecular weight is 838 g/mol. The number of nitrogens with zero attached hydrogens (tertiary/aromatic N) is 6. The number of benzene rings is 4. The van der Waals surface area contributed by atoms with Crippen molar-refractivity contribution in [3.63, 3.8) is 0 Å². The molecule has 4 aliphatic rings. The molecule has 4 aromatic carbocycles. The smallest absolute Gasteiger partial charge is 0.319 e. The topological polar surface area (TPSA) is 78.8 Å². The maximum absolute atomic E-state index is 18.0. The van der Waals surface area contributed by atoms with Crippen molar-refractivity contribution in [2.75, 3.05) is 38.2 Å². The number of aryl methyl sites for hydroxylation is 1. The molecule has 0 unspecified atom stereocenters. The molecule has 316 valence electrons. The lowest BCUT2D eigenvalue weighted by atomic mass is 9.73. The fourth-order valence-corrected chi connectivity index (χ4v) is 10.6. The summed E-state index contributed by atoms with van der Waals surface area (Å²) in [6.07, 6.45) is 7.99. The number of piperazine rings is 1. The molecule has 6 heterocycles. The van der Waals surface area contributed by atoms with E-state index in [2.05, 4.69) is 16.1 Å². The molecular weight excluding hydrogens is 791 g/mol. The first-order chi connectivity index (χ1) is 30.1. The summed E-state index contributed by atoms with van der Waals surface area (Å²) in [6.45, 7) is 3.35. The third-order valence-electron chi connectivity index (χ3n) is 13.5. The molecule has 0 spiro atoms. The number of aromatic nitrogens is 3. The van der Waals surface area contributed by atoms with Crippen molar-refractivity contribution in [2.24, 2.45) is 16.3 Å². The molecule has 2 bridgehead atoms. The van der Waals surface area contributed by atoms with Gasteiger partial charge in [-0.3, -0.25) is 0 Å². The predicted molar refractivity (Wildman–Crippen MR) is 236 cm³/mol. The van der Waals surface area contributed by atoms with Gasteiger partial charge in [-0.25, -0.2) is 27.5 Å². The standard InChI is InChI=1S/C50H47F4N7O/c1-4-34-37(51)20-18-31-24-33(56-44(29-12-7-5-8-13-29)30-14-9-6-10-15-30)25-35(41(31)34)45-43(52)46-42-39(57-45)16-11-17-40-38-21-19-32(55-38)26-61(40)48(42)59-49(58-46)62-28-50(2)27-60(3)23-22-36(50)47(53)54/h1,5-10,12-15,18,20,24-25,32,36,38,40,47,55H,11,16-17,19,21-23,26-28H2,2-3H3/t32-,36-,38+,40-,50+/m1/s1. The molecule has 5 atom stereocenters. The Labute approximate surface area is 358 Å². The number of piperidine rings is 1. The number of pyridine rings is 1. The van der Waals surface area contributed by atoms with Gasteiger partial charge in [0.05, 0.1) is 34.6 Å². The molecule has 6 aromatic rings. The highest BCUT2D eigenvalue weighted by molar-refractivity contribution is 6.14. The summed E-state index contributed by atoms with van der Waals surface area (Å²) in [5, 5.41) is 5.16. The molecule has 10 rings (SSSR count). The van der Waals surface area contributed by atoms with Crippen LogP contribution in [0.15, 0.2) is 89.9 Å². The Morgan fingerprint density at radius 3 is 2.44 bits per heavy atom. The number of anilines is 1. The van der Waals surface area contributed by atoms with Crippen molar-refractivity contribution < 1.29 is 22.3 Å². The second-order valence-corrected chi connectivity index (χ2v) is 17.7. The zero-order chi connectivity index (χ0) is 42.7. The maximum Gasteiger partial charge on any atom is 0.319 e. The van der Waals surface area contributed by atoms with E-state index in [4.69, 9.17) is 31.1 Å². The van der Waals surface area contributed by atoms with E-state index in [1.54, 1.807) is 12.1 Å². The first-order valence-electron chi connectivity index (χ1n) is 21.5. The van der Waals surface area contributed by atoms with Crippen LogP contribution in [0.1, 0.15) is 61.4 Å². The van der Waals surface area contributed by atoms with E-state index >= 15 is 8.78 Å². The van der Waals surface area contributed by atoms with Gasteiger partial charge in [-0.2, -0.15) is 9.97 Å². The minimum absolute atomic E-state index is 0.00262. The van der Waals surface area contributed by atoms with Crippen LogP contribution in [0.2, 0.25) is 0 Å². The van der Waals surface area contributed by atoms with Gasteiger partial charge in [0, 0.05) is 64.6 Å². The van der Waals surface area contributed by atoms with Crippen LogP contribution in [-0.2, 0) is 6.42 Å². The van der Waals surface area contributed by atoms with E-state index in [0.29, 0.717) is 71.5 Å². The molecule has 3 saturated heterocycles. The summed E-state index contributed by atoms with van der Waals surface area (Å²) in [6, 6.07) is 26.5. The fraction of sp³-hybridized carbons (Fsp3) is 0.360. The number of hydrogen-bond acceptors (Lipinski definition) is 8. The van der Waals surface area contributed by atoms with Crippen LogP contribution in [0.3, 0.4) is 0 Å². The Hall–Kier alpha value is -5.90. The second-order valence-electron chi connectivity index (χ2n) is 17.7. The Kier molecular flexibility index (Phi) is 10.4. The minimum atomic E-state index is -2.53. The summed E-state index contributed by atoms with van der Waals surface area (Å²) in [4.78, 5) is 24.4. The van der Waals surface area contributed by atoms with Crippen molar-refractivity contribution in [1.82, 2.24) is 25.2 Å². The lowest BCUT2D eigenvalue weighted by Gasteiger charge is -2.44. The van der Waals surface area contributed by atoms with Gasteiger partial charge in [-0.05, 0) is 75.7 Å². The Morgan fingerprint density at radius 2 is 1.71 bits per heavy atom. The van der Waals surface area contributed by atoms with Crippen LogP contribution in [0.5, 0.6) is 6.01 Å². The van der Waals surface area contributed by atoms with Crippen molar-refractivity contribution in [1.29, 1.82) is 0 Å². The molecule has 0 radical (unpaired) electrons. The Balaban J connectivity index is 1.19. The van der Waals surface area contributed by atoms with Crippen molar-refractivity contribution in [2.45, 2.75) is 70.0 Å². The molecule has 3 fully saturated rings. The Bertz CT molecular complexity index is 2720. The largest absolute Gasteiger partial charge is 0.463 e. The second kappa shape index (κ2) is 16.1. The monoisotopic (exact) mass is 837 g/mol. The summed E-state index contributed by atoms with van der Waals surface area (Å²) >= 11 is 0. The fourth-order valence-electron chi connectivity index (χ4n) is 10.6. The molecule has 2 aromatic heterocycles. The number of nitrogens with one attached hydrogen (secondary N) is 1. The molecule has 8 nitrogen and oxygen atoms in total. The van der Waals surface area contributed by atoms with E-state index in [0.717, 1.165) is 36.8 Å². The normalized spacial score (nSPS) is 23.5. The van der Waals surface area contributed by atoms with Gasteiger partial charge < -0.3 is 19.9 Å². The molecule has 0 amide bonds. The highest BCUT2D eigenvalue weighted by atomic mass is 19.3. The quantitative estimate of drug-likeness (QED) is 0.0930. The van der Waals surface area contributed by atoms with Gasteiger partial charge in [0.1, 0.15) is 22.8 Å². The van der Waals surface area contributed by atoms with Crippen molar-refractivity contribution >= 4 is 38.9 Å². The van der Waals surface area contributed by atoms with Gasteiger partial charge in [0.2, 0.25) is 6.43 Å². The van der Waals surface area contributed by atoms with Crippen LogP contribution in [-0.4, -0.2) is 83.4 Å².